The van der Waals surface area contributed by atoms with Gasteiger partial charge in [-0.3, -0.25) is 19.2 Å². The van der Waals surface area contributed by atoms with Gasteiger partial charge in [0, 0.05) is 17.8 Å². The number of rotatable bonds is 7. The first kappa shape index (κ1) is 21.8. The first-order valence-corrected chi connectivity index (χ1v) is 10.1. The van der Waals surface area contributed by atoms with E-state index >= 15 is 0 Å². The fourth-order valence-electron chi connectivity index (χ4n) is 2.64. The van der Waals surface area contributed by atoms with E-state index in [9.17, 15) is 28.1 Å². The number of benzene rings is 2. The van der Waals surface area contributed by atoms with Crippen LogP contribution < -0.4 is 9.62 Å². The third-order valence-electron chi connectivity index (χ3n) is 3.93. The minimum Gasteiger partial charge on any atom is -0.465 e. The largest absolute Gasteiger partial charge is 0.465 e. The standard InChI is InChI=1S/C18H19N3O7S/c1-12(17(22)19-14-7-4-6-13(10-14)18(23)28-2)20(29(3,26)27)15-8-5-9-16(11-15)21(24)25/h4-12H,1-3H3,(H,19,22). The van der Waals surface area contributed by atoms with Crippen LogP contribution >= 0.6 is 0 Å². The minimum absolute atomic E-state index is 0.0207. The summed E-state index contributed by atoms with van der Waals surface area (Å²) in [6, 6.07) is 9.68. The van der Waals surface area contributed by atoms with Crippen LogP contribution in [0.5, 0.6) is 0 Å². The average Bonchev–Trinajstić information content (AvgIpc) is 2.66. The van der Waals surface area contributed by atoms with Crippen LogP contribution in [0.3, 0.4) is 0 Å². The monoisotopic (exact) mass is 421 g/mol. The van der Waals surface area contributed by atoms with E-state index in [2.05, 4.69) is 10.1 Å². The molecule has 0 spiro atoms. The number of carbonyl (C=O) groups excluding carboxylic acids is 2. The maximum absolute atomic E-state index is 12.7. The third kappa shape index (κ3) is 5.29. The molecule has 2 rings (SSSR count). The first-order valence-electron chi connectivity index (χ1n) is 8.27. The van der Waals surface area contributed by atoms with Gasteiger partial charge in [-0.25, -0.2) is 13.2 Å². The van der Waals surface area contributed by atoms with E-state index in [1.807, 2.05) is 0 Å². The molecule has 11 heteroatoms. The number of hydrogen-bond donors (Lipinski definition) is 1. The predicted molar refractivity (Wildman–Crippen MR) is 106 cm³/mol. The minimum atomic E-state index is -3.95. The fourth-order valence-corrected chi connectivity index (χ4v) is 3.81. The van der Waals surface area contributed by atoms with E-state index in [0.29, 0.717) is 0 Å². The van der Waals surface area contributed by atoms with Crippen LogP contribution in [0.1, 0.15) is 17.3 Å². The normalized spacial score (nSPS) is 12.0. The molecule has 0 aliphatic carbocycles. The second-order valence-electron chi connectivity index (χ2n) is 6.07. The zero-order valence-electron chi connectivity index (χ0n) is 15.9. The molecule has 0 bridgehead atoms. The van der Waals surface area contributed by atoms with Crippen LogP contribution in [0.25, 0.3) is 0 Å². The van der Waals surface area contributed by atoms with Gasteiger partial charge in [0.15, 0.2) is 0 Å². The molecule has 0 aromatic heterocycles. The van der Waals surface area contributed by atoms with Gasteiger partial charge in [0.25, 0.3) is 5.69 Å². The molecule has 0 radical (unpaired) electrons. The predicted octanol–water partition coefficient (Wildman–Crippen LogP) is 2.17. The lowest BCUT2D eigenvalue weighted by molar-refractivity contribution is -0.384. The summed E-state index contributed by atoms with van der Waals surface area (Å²) in [6.07, 6.45) is 0.896. The van der Waals surface area contributed by atoms with E-state index in [-0.39, 0.29) is 22.6 Å². The summed E-state index contributed by atoms with van der Waals surface area (Å²) in [7, 11) is -2.73. The number of ether oxygens (including phenoxy) is 1. The summed E-state index contributed by atoms with van der Waals surface area (Å²) in [6.45, 7) is 1.35. The maximum Gasteiger partial charge on any atom is 0.337 e. The van der Waals surface area contributed by atoms with Gasteiger partial charge in [0.05, 0.1) is 29.5 Å². The zero-order valence-corrected chi connectivity index (χ0v) is 16.7. The Hall–Kier alpha value is -3.47. The highest BCUT2D eigenvalue weighted by molar-refractivity contribution is 7.92. The number of anilines is 2. The SMILES string of the molecule is COC(=O)c1cccc(NC(=O)C(C)N(c2cccc([N+](=O)[O-])c2)S(C)(=O)=O)c1. The lowest BCUT2D eigenvalue weighted by Crippen LogP contribution is -2.45. The molecule has 0 aliphatic rings. The Morgan fingerprint density at radius 1 is 1.17 bits per heavy atom. The van der Waals surface area contributed by atoms with Crippen molar-refractivity contribution in [2.75, 3.05) is 23.0 Å². The fraction of sp³-hybridized carbons (Fsp3) is 0.222. The number of non-ortho nitro benzene ring substituents is 1. The number of nitrogens with zero attached hydrogens (tertiary/aromatic N) is 2. The Labute approximate surface area is 167 Å². The van der Waals surface area contributed by atoms with Gasteiger partial charge >= 0.3 is 5.97 Å². The van der Waals surface area contributed by atoms with E-state index < -0.39 is 32.9 Å². The lowest BCUT2D eigenvalue weighted by atomic mass is 10.2. The topological polar surface area (TPSA) is 136 Å². The quantitative estimate of drug-likeness (QED) is 0.411. The Morgan fingerprint density at radius 3 is 2.41 bits per heavy atom. The van der Waals surface area contributed by atoms with Crippen molar-refractivity contribution in [3.8, 4) is 0 Å². The van der Waals surface area contributed by atoms with E-state index in [4.69, 9.17) is 0 Å². The lowest BCUT2D eigenvalue weighted by Gasteiger charge is -2.28. The number of carbonyl (C=O) groups is 2. The highest BCUT2D eigenvalue weighted by Gasteiger charge is 2.30. The molecular formula is C18H19N3O7S. The second kappa shape index (κ2) is 8.69. The number of sulfonamides is 1. The van der Waals surface area contributed by atoms with Crippen molar-refractivity contribution in [1.29, 1.82) is 0 Å². The van der Waals surface area contributed by atoms with Crippen LogP contribution in [-0.2, 0) is 19.6 Å². The maximum atomic E-state index is 12.7. The molecule has 1 amide bonds. The van der Waals surface area contributed by atoms with Crippen LogP contribution in [0, 0.1) is 10.1 Å². The van der Waals surface area contributed by atoms with Gasteiger partial charge in [-0.05, 0) is 31.2 Å². The molecule has 0 fully saturated rings. The number of esters is 1. The zero-order chi connectivity index (χ0) is 21.8. The summed E-state index contributed by atoms with van der Waals surface area (Å²) >= 11 is 0. The molecule has 0 aliphatic heterocycles. The van der Waals surface area contributed by atoms with Crippen molar-refractivity contribution in [3.63, 3.8) is 0 Å². The highest BCUT2D eigenvalue weighted by atomic mass is 32.2. The van der Waals surface area contributed by atoms with Crippen LogP contribution in [0.2, 0.25) is 0 Å². The molecule has 1 unspecified atom stereocenters. The van der Waals surface area contributed by atoms with Gasteiger partial charge < -0.3 is 10.1 Å². The Morgan fingerprint density at radius 2 is 1.83 bits per heavy atom. The summed E-state index contributed by atoms with van der Waals surface area (Å²) in [4.78, 5) is 34.6. The van der Waals surface area contributed by atoms with Crippen molar-refractivity contribution in [1.82, 2.24) is 0 Å². The van der Waals surface area contributed by atoms with E-state index in [0.717, 1.165) is 16.6 Å². The molecule has 1 N–H and O–H groups in total. The van der Waals surface area contributed by atoms with Gasteiger partial charge in [-0.1, -0.05) is 12.1 Å². The van der Waals surface area contributed by atoms with Crippen LogP contribution in [-0.4, -0.2) is 44.6 Å². The number of nitro groups is 1. The highest BCUT2D eigenvalue weighted by Crippen LogP contribution is 2.26. The molecule has 0 saturated heterocycles. The molecule has 2 aromatic rings. The van der Waals surface area contributed by atoms with E-state index in [1.54, 1.807) is 0 Å². The Balaban J connectivity index is 2.34. The van der Waals surface area contributed by atoms with Crippen molar-refractivity contribution in [3.05, 3.63) is 64.2 Å². The smallest absolute Gasteiger partial charge is 0.337 e. The Bertz CT molecular complexity index is 1050. The van der Waals surface area contributed by atoms with Gasteiger partial charge in [-0.2, -0.15) is 0 Å². The van der Waals surface area contributed by atoms with Crippen LogP contribution in [0.4, 0.5) is 17.1 Å². The first-order chi connectivity index (χ1) is 13.5. The summed E-state index contributed by atoms with van der Waals surface area (Å²) in [5.41, 5.74) is 0.135. The van der Waals surface area contributed by atoms with Gasteiger partial charge in [-0.15, -0.1) is 0 Å². The molecule has 154 valence electrons. The van der Waals surface area contributed by atoms with Gasteiger partial charge in [0.2, 0.25) is 15.9 Å². The number of amides is 1. The number of hydrogen-bond acceptors (Lipinski definition) is 7. The van der Waals surface area contributed by atoms with Crippen molar-refractivity contribution in [2.45, 2.75) is 13.0 Å². The van der Waals surface area contributed by atoms with Crippen LogP contribution in [0.15, 0.2) is 48.5 Å². The molecule has 1 atom stereocenters. The summed E-state index contributed by atoms with van der Waals surface area (Å²) in [5, 5.41) is 13.5. The summed E-state index contributed by atoms with van der Waals surface area (Å²) < 4.78 is 30.0. The van der Waals surface area contributed by atoms with Crippen molar-refractivity contribution in [2.24, 2.45) is 0 Å². The molecule has 0 saturated carbocycles. The second-order valence-corrected chi connectivity index (χ2v) is 7.93. The molecule has 0 heterocycles. The van der Waals surface area contributed by atoms with Crippen molar-refractivity contribution >= 4 is 39.0 Å². The van der Waals surface area contributed by atoms with Crippen molar-refractivity contribution < 1.29 is 27.7 Å². The molecule has 2 aromatic carbocycles. The van der Waals surface area contributed by atoms with Gasteiger partial charge in [0.1, 0.15) is 6.04 Å². The third-order valence-corrected chi connectivity index (χ3v) is 5.18. The number of nitro benzene ring substituents is 1. The number of nitrogens with one attached hydrogen (secondary N) is 1. The Kier molecular flexibility index (Phi) is 6.54. The molecular weight excluding hydrogens is 402 g/mol. The molecule has 10 nitrogen and oxygen atoms in total. The molecule has 29 heavy (non-hydrogen) atoms. The summed E-state index contributed by atoms with van der Waals surface area (Å²) in [5.74, 6) is -1.28. The average molecular weight is 421 g/mol. The number of methoxy groups -OCH3 is 1. The van der Waals surface area contributed by atoms with E-state index in [1.165, 1.54) is 56.5 Å².